The second-order valence-corrected chi connectivity index (χ2v) is 4.84. The molecule has 1 aromatic rings. The number of nitrogens with zero attached hydrogens (tertiary/aromatic N) is 1. The molecule has 120 valence electrons. The first-order valence-corrected chi connectivity index (χ1v) is 7.26. The van der Waals surface area contributed by atoms with Crippen molar-refractivity contribution in [1.82, 2.24) is 10.2 Å². The standard InChI is InChI=1S/C15H21N3O4/c1-3-18(15(20)9-16-2)10-14(19)17-11-4-5-12-13(8-11)22-7-6-21-12/h4-5,8,16H,3,6-7,9-10H2,1-2H3,(H,17,19). The van der Waals surface area contributed by atoms with Crippen LogP contribution in [-0.2, 0) is 9.59 Å². The predicted octanol–water partition coefficient (Wildman–Crippen LogP) is 0.464. The molecule has 0 saturated carbocycles. The Hall–Kier alpha value is -2.28. The van der Waals surface area contributed by atoms with Crippen LogP contribution in [0.4, 0.5) is 5.69 Å². The molecule has 1 aromatic carbocycles. The number of hydrogen-bond donors (Lipinski definition) is 2. The zero-order valence-electron chi connectivity index (χ0n) is 12.8. The molecule has 7 heteroatoms. The van der Waals surface area contributed by atoms with E-state index in [1.54, 1.807) is 25.2 Å². The molecule has 0 bridgehead atoms. The normalized spacial score (nSPS) is 12.6. The van der Waals surface area contributed by atoms with Crippen LogP contribution in [0.25, 0.3) is 0 Å². The fourth-order valence-corrected chi connectivity index (χ4v) is 2.13. The summed E-state index contributed by atoms with van der Waals surface area (Å²) in [6.07, 6.45) is 0. The molecule has 0 saturated heterocycles. The third-order valence-electron chi connectivity index (χ3n) is 3.22. The van der Waals surface area contributed by atoms with Gasteiger partial charge in [0.2, 0.25) is 11.8 Å². The summed E-state index contributed by atoms with van der Waals surface area (Å²) < 4.78 is 10.9. The van der Waals surface area contributed by atoms with Gasteiger partial charge in [-0.25, -0.2) is 0 Å². The molecule has 0 fully saturated rings. The van der Waals surface area contributed by atoms with Gasteiger partial charge in [0.25, 0.3) is 0 Å². The molecule has 1 aliphatic rings. The van der Waals surface area contributed by atoms with Crippen LogP contribution in [0.1, 0.15) is 6.92 Å². The van der Waals surface area contributed by atoms with Gasteiger partial charge in [-0.2, -0.15) is 0 Å². The molecular formula is C15H21N3O4. The lowest BCUT2D eigenvalue weighted by molar-refractivity contribution is -0.133. The minimum absolute atomic E-state index is 0.0193. The molecular weight excluding hydrogens is 286 g/mol. The summed E-state index contributed by atoms with van der Waals surface area (Å²) in [4.78, 5) is 25.4. The monoisotopic (exact) mass is 307 g/mol. The van der Waals surface area contributed by atoms with Crippen molar-refractivity contribution < 1.29 is 19.1 Å². The van der Waals surface area contributed by atoms with Crippen molar-refractivity contribution in [2.45, 2.75) is 6.92 Å². The Labute approximate surface area is 129 Å². The first-order valence-electron chi connectivity index (χ1n) is 7.26. The number of carbonyl (C=O) groups excluding carboxylic acids is 2. The lowest BCUT2D eigenvalue weighted by Crippen LogP contribution is -2.41. The maximum absolute atomic E-state index is 12.1. The van der Waals surface area contributed by atoms with Crippen LogP contribution in [-0.4, -0.2) is 56.6 Å². The smallest absolute Gasteiger partial charge is 0.243 e. The minimum atomic E-state index is -0.247. The summed E-state index contributed by atoms with van der Waals surface area (Å²) in [5.74, 6) is 0.927. The summed E-state index contributed by atoms with van der Waals surface area (Å²) in [5, 5.41) is 5.55. The highest BCUT2D eigenvalue weighted by atomic mass is 16.6. The molecule has 0 atom stereocenters. The van der Waals surface area contributed by atoms with Crippen LogP contribution >= 0.6 is 0 Å². The number of amides is 2. The van der Waals surface area contributed by atoms with Gasteiger partial charge >= 0.3 is 0 Å². The fraction of sp³-hybridized carbons (Fsp3) is 0.467. The van der Waals surface area contributed by atoms with E-state index in [-0.39, 0.29) is 24.9 Å². The second-order valence-electron chi connectivity index (χ2n) is 4.84. The molecule has 2 rings (SSSR count). The first kappa shape index (κ1) is 16.1. The van der Waals surface area contributed by atoms with Gasteiger partial charge in [0, 0.05) is 18.3 Å². The maximum atomic E-state index is 12.1. The van der Waals surface area contributed by atoms with Gasteiger partial charge in [-0.1, -0.05) is 0 Å². The van der Waals surface area contributed by atoms with Gasteiger partial charge in [0.1, 0.15) is 13.2 Å². The van der Waals surface area contributed by atoms with Crippen LogP contribution in [0.2, 0.25) is 0 Å². The zero-order chi connectivity index (χ0) is 15.9. The zero-order valence-corrected chi connectivity index (χ0v) is 12.8. The molecule has 0 radical (unpaired) electrons. The van der Waals surface area contributed by atoms with E-state index >= 15 is 0 Å². The molecule has 0 aromatic heterocycles. The number of hydrogen-bond acceptors (Lipinski definition) is 5. The van der Waals surface area contributed by atoms with Crippen LogP contribution in [0, 0.1) is 0 Å². The van der Waals surface area contributed by atoms with E-state index in [2.05, 4.69) is 10.6 Å². The summed E-state index contributed by atoms with van der Waals surface area (Å²) in [6.45, 7) is 3.57. The fourth-order valence-electron chi connectivity index (χ4n) is 2.13. The van der Waals surface area contributed by atoms with Gasteiger partial charge in [-0.05, 0) is 26.1 Å². The Balaban J connectivity index is 1.95. The van der Waals surface area contributed by atoms with Crippen molar-refractivity contribution in [2.75, 3.05) is 45.2 Å². The molecule has 2 N–H and O–H groups in total. The number of ether oxygens (including phenoxy) is 2. The Morgan fingerprint density at radius 3 is 2.64 bits per heavy atom. The molecule has 2 amide bonds. The van der Waals surface area contributed by atoms with Crippen molar-refractivity contribution >= 4 is 17.5 Å². The topological polar surface area (TPSA) is 79.9 Å². The average molecular weight is 307 g/mol. The highest BCUT2D eigenvalue weighted by Gasteiger charge is 2.16. The van der Waals surface area contributed by atoms with E-state index in [4.69, 9.17) is 9.47 Å². The molecule has 0 spiro atoms. The quantitative estimate of drug-likeness (QED) is 0.798. The van der Waals surface area contributed by atoms with E-state index in [1.165, 1.54) is 4.90 Å². The Morgan fingerprint density at radius 1 is 1.23 bits per heavy atom. The van der Waals surface area contributed by atoms with Crippen molar-refractivity contribution in [3.05, 3.63) is 18.2 Å². The second kappa shape index (κ2) is 7.65. The maximum Gasteiger partial charge on any atom is 0.243 e. The lowest BCUT2D eigenvalue weighted by Gasteiger charge is -2.21. The van der Waals surface area contributed by atoms with E-state index in [1.807, 2.05) is 6.92 Å². The van der Waals surface area contributed by atoms with Gasteiger partial charge in [-0.3, -0.25) is 9.59 Å². The van der Waals surface area contributed by atoms with Crippen LogP contribution < -0.4 is 20.1 Å². The van der Waals surface area contributed by atoms with Crippen LogP contribution in [0.5, 0.6) is 11.5 Å². The number of nitrogens with one attached hydrogen (secondary N) is 2. The number of fused-ring (bicyclic) bond motifs is 1. The third kappa shape index (κ3) is 4.11. The Kier molecular flexibility index (Phi) is 5.60. The minimum Gasteiger partial charge on any atom is -0.486 e. The largest absolute Gasteiger partial charge is 0.486 e. The van der Waals surface area contributed by atoms with Gasteiger partial charge < -0.3 is 25.0 Å². The van der Waals surface area contributed by atoms with E-state index < -0.39 is 0 Å². The number of anilines is 1. The SMILES string of the molecule is CCN(CC(=O)Nc1ccc2c(c1)OCCO2)C(=O)CNC. The van der Waals surface area contributed by atoms with Crippen LogP contribution in [0.15, 0.2) is 18.2 Å². The summed E-state index contributed by atoms with van der Waals surface area (Å²) >= 11 is 0. The summed E-state index contributed by atoms with van der Waals surface area (Å²) in [6, 6.07) is 5.23. The molecule has 22 heavy (non-hydrogen) atoms. The van der Waals surface area contributed by atoms with Crippen molar-refractivity contribution in [1.29, 1.82) is 0 Å². The highest BCUT2D eigenvalue weighted by Crippen LogP contribution is 2.32. The number of carbonyl (C=O) groups is 2. The Morgan fingerprint density at radius 2 is 1.95 bits per heavy atom. The van der Waals surface area contributed by atoms with Gasteiger partial charge in [-0.15, -0.1) is 0 Å². The first-order chi connectivity index (χ1) is 10.6. The van der Waals surface area contributed by atoms with E-state index in [9.17, 15) is 9.59 Å². The van der Waals surface area contributed by atoms with Crippen molar-refractivity contribution in [3.8, 4) is 11.5 Å². The molecule has 0 unspecified atom stereocenters. The van der Waals surface area contributed by atoms with E-state index in [0.29, 0.717) is 36.9 Å². The lowest BCUT2D eigenvalue weighted by atomic mass is 10.2. The van der Waals surface area contributed by atoms with Crippen LogP contribution in [0.3, 0.4) is 0 Å². The van der Waals surface area contributed by atoms with Gasteiger partial charge in [0.15, 0.2) is 11.5 Å². The number of benzene rings is 1. The predicted molar refractivity (Wildman–Crippen MR) is 82.2 cm³/mol. The molecule has 7 nitrogen and oxygen atoms in total. The third-order valence-corrected chi connectivity index (χ3v) is 3.22. The molecule has 1 heterocycles. The van der Waals surface area contributed by atoms with Crippen molar-refractivity contribution in [3.63, 3.8) is 0 Å². The van der Waals surface area contributed by atoms with E-state index in [0.717, 1.165) is 0 Å². The average Bonchev–Trinajstić information content (AvgIpc) is 2.52. The Bertz CT molecular complexity index is 548. The molecule has 1 aliphatic heterocycles. The number of likely N-dealkylation sites (N-methyl/N-ethyl adjacent to an activating group) is 2. The number of rotatable bonds is 6. The molecule has 0 aliphatic carbocycles. The summed E-state index contributed by atoms with van der Waals surface area (Å²) in [5.41, 5.74) is 0.617. The van der Waals surface area contributed by atoms with Gasteiger partial charge in [0.05, 0.1) is 13.1 Å². The summed E-state index contributed by atoms with van der Waals surface area (Å²) in [7, 11) is 1.70. The van der Waals surface area contributed by atoms with Crippen molar-refractivity contribution in [2.24, 2.45) is 0 Å². The highest BCUT2D eigenvalue weighted by molar-refractivity contribution is 5.95.